The molecule has 19 heteroatoms. The molecule has 1 fully saturated rings. The number of nitrogens with zero attached hydrogens (tertiary/aromatic N) is 3. The highest BCUT2D eigenvalue weighted by Crippen LogP contribution is 2.40. The molecule has 9 atom stereocenters. The molecule has 6 aromatic carbocycles. The molecule has 7 amide bonds. The number of benzene rings is 6. The fourth-order valence-corrected chi connectivity index (χ4v) is 19.9. The number of aromatic nitrogens is 3. The average Bonchev–Trinajstić information content (AvgIpc) is 1.76. The standard InChI is InChI=1S/C18H26N4O.C18H25NO.2C17H27NO.C16H24ClNO.C16H25NO2.C14H27NO/c1-12(2)15(18(3,4)5)17(23)19-10-13-6-8-14(9-7-13)16-20-11-21-22-16;1-7-14-9-8-10-15(11-14)12-19-17(20)16(13(2)3)18(4,5)6;1-12(2)15(17(4,5)6)16(19)18-11-14-9-7-13(3)8-10-14;1-12(2)15(17(4,5)6)16(19)18-13(3)14-10-8-7-9-11-14;1-11(2)14(16(3,4)5)15(19)18-10-12-7-6-8-13(17)9-12;1-11(2)14(16(3,4)5)15(19)17-10-12-8-6-7-9-13(12)18;1-10(2)12(14(4,5)6)13(16)15-8-7-11(3)9-15/h6-9,11-12,15H,10H2,1-5H3,(H,19,23)(H,20,21,22);1,8-11,13,16H,12H2,2-6H3,(H,19,20);7-10,12,15H,11H2,1-6H3,(H,18,19);7-13,15H,1-6H3,(H,18,19);6-9,11,14H,10H2,1-5H3,(H,18,19);6-9,11,14,18H,10H2,1-5H3,(H,17,19);10-12H,7-9H2,1-6H3. The molecule has 0 radical (unpaired) electrons. The van der Waals surface area contributed by atoms with Gasteiger partial charge in [0, 0.05) is 109 Å². The van der Waals surface area contributed by atoms with E-state index in [1.165, 1.54) is 18.3 Å². The van der Waals surface area contributed by atoms with E-state index in [0.717, 1.165) is 63.4 Å². The lowest BCUT2D eigenvalue weighted by molar-refractivity contribution is -0.140. The van der Waals surface area contributed by atoms with Gasteiger partial charge in [0.2, 0.25) is 41.4 Å². The molecule has 0 bridgehead atoms. The van der Waals surface area contributed by atoms with E-state index in [1.807, 2.05) is 122 Å². The number of nitrogens with one attached hydrogen (secondary N) is 7. The van der Waals surface area contributed by atoms with Crippen molar-refractivity contribution in [2.24, 2.45) is 127 Å². The number of aryl methyl sites for hydroxylation is 1. The molecule has 9 unspecified atom stereocenters. The van der Waals surface area contributed by atoms with Gasteiger partial charge in [0.15, 0.2) is 5.82 Å². The third-order valence-corrected chi connectivity index (χ3v) is 24.8. The summed E-state index contributed by atoms with van der Waals surface area (Å²) in [7, 11) is 0. The predicted octanol–water partition coefficient (Wildman–Crippen LogP) is 25.9. The van der Waals surface area contributed by atoms with Crippen LogP contribution in [0.1, 0.15) is 313 Å². The maximum Gasteiger partial charge on any atom is 0.226 e. The zero-order valence-corrected chi connectivity index (χ0v) is 91.3. The number of halogens is 1. The van der Waals surface area contributed by atoms with E-state index in [1.54, 1.807) is 12.1 Å². The number of hydrogen-bond acceptors (Lipinski definition) is 10. The second-order valence-corrected chi connectivity index (χ2v) is 47.6. The van der Waals surface area contributed by atoms with Crippen LogP contribution < -0.4 is 31.9 Å². The second-order valence-electron chi connectivity index (χ2n) is 47.1. The Morgan fingerprint density at radius 3 is 1.10 bits per heavy atom. The molecule has 8 N–H and O–H groups in total. The topological polar surface area (TPSA) is 257 Å². The summed E-state index contributed by atoms with van der Waals surface area (Å²) in [5.74, 6) is 7.81. The van der Waals surface area contributed by atoms with Crippen molar-refractivity contribution >= 4 is 53.0 Å². The maximum atomic E-state index is 12.5. The van der Waals surface area contributed by atoms with Gasteiger partial charge in [-0.25, -0.2) is 4.98 Å². The van der Waals surface area contributed by atoms with Crippen molar-refractivity contribution in [3.63, 3.8) is 0 Å². The van der Waals surface area contributed by atoms with E-state index in [0.29, 0.717) is 85.1 Å². The number of phenolic OH excluding ortho intramolecular Hbond substituents is 1. The van der Waals surface area contributed by atoms with Gasteiger partial charge in [0.05, 0.1) is 6.04 Å². The molecule has 1 aromatic heterocycles. The molecule has 18 nitrogen and oxygen atoms in total. The van der Waals surface area contributed by atoms with Crippen LogP contribution in [0.25, 0.3) is 11.4 Å². The summed E-state index contributed by atoms with van der Waals surface area (Å²) >= 11 is 5.93. The molecule has 8 rings (SSSR count). The number of H-pyrrole nitrogens is 1. The van der Waals surface area contributed by atoms with Gasteiger partial charge in [-0.2, -0.15) is 5.10 Å². The van der Waals surface area contributed by atoms with Gasteiger partial charge in [-0.3, -0.25) is 38.7 Å². The number of terminal acetylenes is 1. The molecule has 0 aliphatic carbocycles. The SMILES string of the molecule is C#Cc1cccc(CNC(=O)C(C(C)C)C(C)(C)C)c1.CC(C)C(C(=O)NCc1ccc(-c2ncn[nH]2)cc1)C(C)(C)C.CC(C)C(C(=O)NCc1cccc(Cl)c1)C(C)(C)C.CC(C)C(C(=O)NCc1ccccc1O)C(C)(C)C.CC(NC(=O)C(C(C)C)C(C)(C)C)c1ccccc1.CC1CCN(C(=O)C(C(C)C)C(C)(C)C)C1.Cc1ccc(CNC(=O)C(C(C)C)C(C)(C)C)cc1. The monoisotopic (exact) mass is 1880 g/mol. The number of rotatable bonds is 27. The van der Waals surface area contributed by atoms with Gasteiger partial charge in [0.25, 0.3) is 0 Å². The number of hydrogen-bond donors (Lipinski definition) is 8. The minimum atomic E-state index is -0.0724. The van der Waals surface area contributed by atoms with Crippen LogP contribution in [0.15, 0.2) is 158 Å². The molecule has 135 heavy (non-hydrogen) atoms. The number of carbonyl (C=O) groups excluding carboxylic acids is 7. The van der Waals surface area contributed by atoms with Crippen molar-refractivity contribution in [3.05, 3.63) is 208 Å². The summed E-state index contributed by atoms with van der Waals surface area (Å²) in [5.41, 5.74) is 9.06. The molecular formula is C116H181ClN10O8. The largest absolute Gasteiger partial charge is 0.508 e. The van der Waals surface area contributed by atoms with Gasteiger partial charge in [-0.1, -0.05) is 394 Å². The average molecular weight is 1880 g/mol. The minimum absolute atomic E-state index is 0.00156. The van der Waals surface area contributed by atoms with Crippen LogP contribution in [0.5, 0.6) is 5.75 Å². The van der Waals surface area contributed by atoms with Crippen molar-refractivity contribution in [1.29, 1.82) is 0 Å². The lowest BCUT2D eigenvalue weighted by atomic mass is 9.73. The van der Waals surface area contributed by atoms with Crippen LogP contribution in [-0.2, 0) is 66.3 Å². The van der Waals surface area contributed by atoms with Crippen molar-refractivity contribution in [2.45, 2.75) is 308 Å². The number of aromatic amines is 1. The molecule has 1 saturated heterocycles. The Balaban J connectivity index is 0.000000534. The van der Waals surface area contributed by atoms with Gasteiger partial charge in [-0.15, -0.1) is 6.42 Å². The number of para-hydroxylation sites is 1. The first-order valence-electron chi connectivity index (χ1n) is 49.3. The number of amides is 7. The summed E-state index contributed by atoms with van der Waals surface area (Å²) in [4.78, 5) is 93.2. The lowest BCUT2D eigenvalue weighted by Gasteiger charge is -2.35. The Bertz CT molecular complexity index is 4730. The Kier molecular flexibility index (Phi) is 50.1. The van der Waals surface area contributed by atoms with Crippen LogP contribution in [0, 0.1) is 146 Å². The predicted molar refractivity (Wildman–Crippen MR) is 564 cm³/mol. The van der Waals surface area contributed by atoms with Crippen molar-refractivity contribution in [3.8, 4) is 29.5 Å². The Labute approximate surface area is 823 Å². The summed E-state index contributed by atoms with van der Waals surface area (Å²) in [6.45, 7) is 84.8. The highest BCUT2D eigenvalue weighted by Gasteiger charge is 2.41. The molecule has 750 valence electrons. The zero-order valence-electron chi connectivity index (χ0n) is 90.5. The van der Waals surface area contributed by atoms with Crippen LogP contribution in [0.2, 0.25) is 5.02 Å². The summed E-state index contributed by atoms with van der Waals surface area (Å²) in [6.07, 6.45) is 8.04. The van der Waals surface area contributed by atoms with E-state index < -0.39 is 0 Å². The molecule has 1 aliphatic rings. The number of carbonyl (C=O) groups is 7. The Hall–Kier alpha value is -9.60. The van der Waals surface area contributed by atoms with Gasteiger partial charge >= 0.3 is 0 Å². The summed E-state index contributed by atoms with van der Waals surface area (Å²) in [6, 6.07) is 48.7. The smallest absolute Gasteiger partial charge is 0.226 e. The van der Waals surface area contributed by atoms with E-state index in [4.69, 9.17) is 18.0 Å². The van der Waals surface area contributed by atoms with Gasteiger partial charge in [0.1, 0.15) is 12.1 Å². The highest BCUT2D eigenvalue weighted by atomic mass is 35.5. The van der Waals surface area contributed by atoms with Crippen molar-refractivity contribution < 1.29 is 38.7 Å². The van der Waals surface area contributed by atoms with E-state index >= 15 is 0 Å². The fourth-order valence-electron chi connectivity index (χ4n) is 19.7. The quantitative estimate of drug-likeness (QED) is 0.0226. The molecule has 2 heterocycles. The zero-order chi connectivity index (χ0) is 103. The van der Waals surface area contributed by atoms with E-state index in [-0.39, 0.29) is 132 Å². The normalized spacial score (nSPS) is 14.8. The van der Waals surface area contributed by atoms with Crippen LogP contribution >= 0.6 is 11.6 Å². The summed E-state index contributed by atoms with van der Waals surface area (Å²) < 4.78 is 0. The van der Waals surface area contributed by atoms with Crippen LogP contribution in [0.4, 0.5) is 0 Å². The minimum Gasteiger partial charge on any atom is -0.508 e. The summed E-state index contributed by atoms with van der Waals surface area (Å²) in [5, 5.41) is 35.3. The number of aromatic hydroxyl groups is 1. The fraction of sp³-hybridized carbons (Fsp3) is 0.595. The third kappa shape index (κ3) is 43.7. The first-order chi connectivity index (χ1) is 62.2. The Morgan fingerprint density at radius 1 is 0.422 bits per heavy atom. The van der Waals surface area contributed by atoms with E-state index in [9.17, 15) is 38.7 Å². The number of likely N-dealkylation sites (tertiary alicyclic amines) is 1. The maximum absolute atomic E-state index is 12.5. The first kappa shape index (κ1) is 121. The molecule has 7 aromatic rings. The highest BCUT2D eigenvalue weighted by molar-refractivity contribution is 6.30. The number of phenols is 1. The second kappa shape index (κ2) is 55.7. The van der Waals surface area contributed by atoms with Crippen molar-refractivity contribution in [2.75, 3.05) is 13.1 Å². The Morgan fingerprint density at radius 2 is 0.763 bits per heavy atom. The molecule has 1 aliphatic heterocycles. The molecule has 0 spiro atoms. The van der Waals surface area contributed by atoms with Crippen LogP contribution in [-0.4, -0.2) is 79.6 Å². The molecule has 0 saturated carbocycles. The van der Waals surface area contributed by atoms with Gasteiger partial charge in [-0.05, 0) is 164 Å². The van der Waals surface area contributed by atoms with Gasteiger partial charge < -0.3 is 41.9 Å². The molecular weight excluding hydrogens is 1700 g/mol. The van der Waals surface area contributed by atoms with Crippen LogP contribution in [0.3, 0.4) is 0 Å². The van der Waals surface area contributed by atoms with E-state index in [2.05, 4.69) is 338 Å². The lowest BCUT2D eigenvalue weighted by Crippen LogP contribution is -2.42. The third-order valence-electron chi connectivity index (χ3n) is 24.6. The first-order valence-corrected chi connectivity index (χ1v) is 49.6. The van der Waals surface area contributed by atoms with Crippen molar-refractivity contribution in [1.82, 2.24) is 52.0 Å².